The summed E-state index contributed by atoms with van der Waals surface area (Å²) in [5.74, 6) is 1.07. The van der Waals surface area contributed by atoms with Crippen LogP contribution in [0.25, 0.3) is 32.6 Å². The van der Waals surface area contributed by atoms with Crippen LogP contribution < -0.4 is 5.73 Å². The van der Waals surface area contributed by atoms with Crippen molar-refractivity contribution in [3.8, 4) is 22.4 Å². The number of aromatic nitrogens is 3. The van der Waals surface area contributed by atoms with E-state index < -0.39 is 0 Å². The number of thioether (sulfide) groups is 1. The molecule has 0 aliphatic carbocycles. The van der Waals surface area contributed by atoms with Crippen molar-refractivity contribution in [1.29, 1.82) is 0 Å². The predicted octanol–water partition coefficient (Wildman–Crippen LogP) is 5.89. The summed E-state index contributed by atoms with van der Waals surface area (Å²) in [7, 11) is 0. The fraction of sp³-hybridized carbons (Fsp3) is 0.190. The first kappa shape index (κ1) is 17.9. The summed E-state index contributed by atoms with van der Waals surface area (Å²) in [5, 5.41) is 1.03. The van der Waals surface area contributed by atoms with E-state index in [1.807, 2.05) is 42.4 Å². The summed E-state index contributed by atoms with van der Waals surface area (Å²) in [5.41, 5.74) is 11.4. The first-order chi connectivity index (χ1) is 13.3. The number of fused-ring (bicyclic) bond motifs is 1. The number of rotatable bonds is 6. The van der Waals surface area contributed by atoms with Gasteiger partial charge in [0.15, 0.2) is 0 Å². The molecule has 0 radical (unpaired) electrons. The van der Waals surface area contributed by atoms with Gasteiger partial charge in [0.1, 0.15) is 4.83 Å². The Morgan fingerprint density at radius 3 is 2.48 bits per heavy atom. The average Bonchev–Trinajstić information content (AvgIpc) is 3.04. The highest BCUT2D eigenvalue weighted by atomic mass is 32.2. The van der Waals surface area contributed by atoms with Crippen LogP contribution in [0.3, 0.4) is 0 Å². The Kier molecular flexibility index (Phi) is 5.36. The molecule has 0 fully saturated rings. The second-order valence-corrected chi connectivity index (χ2v) is 8.59. The van der Waals surface area contributed by atoms with Gasteiger partial charge in [0, 0.05) is 41.3 Å². The number of unbranched alkanes of at least 4 members (excludes halogenated alkanes) is 1. The third-order valence-corrected chi connectivity index (χ3v) is 6.80. The highest BCUT2D eigenvalue weighted by Gasteiger charge is 2.18. The van der Waals surface area contributed by atoms with Crippen molar-refractivity contribution in [2.75, 3.05) is 11.5 Å². The fourth-order valence-electron chi connectivity index (χ4n) is 2.93. The lowest BCUT2D eigenvalue weighted by atomic mass is 10.0. The van der Waals surface area contributed by atoms with Gasteiger partial charge in [0.2, 0.25) is 0 Å². The van der Waals surface area contributed by atoms with Crippen molar-refractivity contribution in [2.45, 2.75) is 24.0 Å². The molecule has 2 N–H and O–H groups in total. The molecule has 136 valence electrons. The minimum absolute atomic E-state index is 0.834. The van der Waals surface area contributed by atoms with Crippen molar-refractivity contribution in [2.24, 2.45) is 0 Å². The maximum atomic E-state index is 6.56. The molecule has 0 amide bonds. The fourth-order valence-corrected chi connectivity index (χ4v) is 5.38. The minimum atomic E-state index is 0.834. The summed E-state index contributed by atoms with van der Waals surface area (Å²) in [6.07, 6.45) is 9.64. The Hall–Kier alpha value is -2.44. The molecule has 0 aromatic carbocycles. The minimum Gasteiger partial charge on any atom is -0.397 e. The normalized spacial score (nSPS) is 11.1. The lowest BCUT2D eigenvalue weighted by Gasteiger charge is -2.08. The van der Waals surface area contributed by atoms with E-state index in [4.69, 9.17) is 10.7 Å². The smallest absolute Gasteiger partial charge is 0.127 e. The van der Waals surface area contributed by atoms with Crippen molar-refractivity contribution in [1.82, 2.24) is 15.0 Å². The number of nitrogens with two attached hydrogens (primary N) is 1. The van der Waals surface area contributed by atoms with Crippen LogP contribution in [0.2, 0.25) is 0 Å². The quantitative estimate of drug-likeness (QED) is 0.327. The zero-order valence-electron chi connectivity index (χ0n) is 15.1. The predicted molar refractivity (Wildman–Crippen MR) is 116 cm³/mol. The Morgan fingerprint density at radius 1 is 1.07 bits per heavy atom. The molecular formula is C21H20N4S2. The highest BCUT2D eigenvalue weighted by molar-refractivity contribution is 8.01. The van der Waals surface area contributed by atoms with Crippen LogP contribution in [-0.2, 0) is 0 Å². The molecule has 0 unspecified atom stereocenters. The van der Waals surface area contributed by atoms with E-state index in [-0.39, 0.29) is 0 Å². The van der Waals surface area contributed by atoms with E-state index in [0.29, 0.717) is 0 Å². The van der Waals surface area contributed by atoms with Gasteiger partial charge in [-0.1, -0.05) is 19.4 Å². The molecule has 4 aromatic rings. The van der Waals surface area contributed by atoms with Crippen molar-refractivity contribution < 1.29 is 0 Å². The first-order valence-electron chi connectivity index (χ1n) is 8.94. The lowest BCUT2D eigenvalue weighted by molar-refractivity contribution is 0.897. The summed E-state index contributed by atoms with van der Waals surface area (Å²) < 4.78 is 1.15. The van der Waals surface area contributed by atoms with Crippen LogP contribution >= 0.6 is 23.1 Å². The number of thiophene rings is 1. The van der Waals surface area contributed by atoms with Gasteiger partial charge in [0.05, 0.1) is 15.6 Å². The molecule has 0 spiro atoms. The standard InChI is InChI=1S/C21H20N4S2/c1-2-3-10-26-21-19(22)18-16(14-6-4-8-23-12-14)11-17(25-20(18)27-21)15-7-5-9-24-13-15/h4-9,11-13H,2-3,10,22H2,1H3. The molecule has 0 saturated carbocycles. The molecule has 4 heterocycles. The second kappa shape index (κ2) is 8.06. The van der Waals surface area contributed by atoms with Crippen LogP contribution in [0.5, 0.6) is 0 Å². The van der Waals surface area contributed by atoms with E-state index in [1.54, 1.807) is 23.7 Å². The Balaban J connectivity index is 1.91. The van der Waals surface area contributed by atoms with Crippen molar-refractivity contribution in [3.63, 3.8) is 0 Å². The molecule has 6 heteroatoms. The van der Waals surface area contributed by atoms with E-state index in [1.165, 1.54) is 12.8 Å². The monoisotopic (exact) mass is 392 g/mol. The number of nitrogens with zero attached hydrogens (tertiary/aromatic N) is 3. The number of anilines is 1. The number of pyridine rings is 3. The van der Waals surface area contributed by atoms with Crippen LogP contribution in [0.4, 0.5) is 5.69 Å². The van der Waals surface area contributed by atoms with Gasteiger partial charge >= 0.3 is 0 Å². The van der Waals surface area contributed by atoms with Crippen LogP contribution in [-0.4, -0.2) is 20.7 Å². The summed E-state index contributed by atoms with van der Waals surface area (Å²) >= 11 is 3.51. The molecule has 4 nitrogen and oxygen atoms in total. The summed E-state index contributed by atoms with van der Waals surface area (Å²) in [6.45, 7) is 2.21. The molecule has 4 rings (SSSR count). The lowest BCUT2D eigenvalue weighted by Crippen LogP contribution is -1.91. The van der Waals surface area contributed by atoms with E-state index in [9.17, 15) is 0 Å². The van der Waals surface area contributed by atoms with Crippen molar-refractivity contribution >= 4 is 39.0 Å². The highest BCUT2D eigenvalue weighted by Crippen LogP contribution is 2.45. The van der Waals surface area contributed by atoms with Gasteiger partial charge in [-0.2, -0.15) is 0 Å². The van der Waals surface area contributed by atoms with Gasteiger partial charge in [-0.15, -0.1) is 23.1 Å². The van der Waals surface area contributed by atoms with Crippen molar-refractivity contribution in [3.05, 3.63) is 55.1 Å². The zero-order valence-corrected chi connectivity index (χ0v) is 16.7. The van der Waals surface area contributed by atoms with E-state index in [2.05, 4.69) is 29.0 Å². The zero-order chi connectivity index (χ0) is 18.6. The van der Waals surface area contributed by atoms with Gasteiger partial charge in [-0.25, -0.2) is 4.98 Å². The molecule has 4 aromatic heterocycles. The molecule has 27 heavy (non-hydrogen) atoms. The number of hydrogen-bond acceptors (Lipinski definition) is 6. The topological polar surface area (TPSA) is 64.7 Å². The van der Waals surface area contributed by atoms with Crippen LogP contribution in [0.1, 0.15) is 19.8 Å². The largest absolute Gasteiger partial charge is 0.397 e. The number of hydrogen-bond donors (Lipinski definition) is 1. The molecule has 0 bridgehead atoms. The van der Waals surface area contributed by atoms with Crippen LogP contribution in [0, 0.1) is 0 Å². The molecule has 0 aliphatic heterocycles. The number of nitrogen functional groups attached to an aromatic ring is 1. The average molecular weight is 393 g/mol. The van der Waals surface area contributed by atoms with E-state index >= 15 is 0 Å². The molecule has 0 atom stereocenters. The molecule has 0 aliphatic rings. The van der Waals surface area contributed by atoms with E-state index in [0.717, 1.165) is 48.3 Å². The first-order valence-corrected chi connectivity index (χ1v) is 10.7. The van der Waals surface area contributed by atoms with Gasteiger partial charge in [-0.05, 0) is 42.0 Å². The summed E-state index contributed by atoms with van der Waals surface area (Å²) in [4.78, 5) is 14.4. The molecular weight excluding hydrogens is 372 g/mol. The maximum Gasteiger partial charge on any atom is 0.127 e. The van der Waals surface area contributed by atoms with Gasteiger partial charge in [0.25, 0.3) is 0 Å². The Bertz CT molecular complexity index is 1050. The van der Waals surface area contributed by atoms with Gasteiger partial charge in [-0.3, -0.25) is 9.97 Å². The maximum absolute atomic E-state index is 6.56. The SMILES string of the molecule is CCCCSc1sc2nc(-c3cccnc3)cc(-c3cccnc3)c2c1N. The Morgan fingerprint density at radius 2 is 1.81 bits per heavy atom. The second-order valence-electron chi connectivity index (χ2n) is 6.22. The van der Waals surface area contributed by atoms with Crippen LogP contribution in [0.15, 0.2) is 59.3 Å². The van der Waals surface area contributed by atoms with Gasteiger partial charge < -0.3 is 5.73 Å². The third-order valence-electron chi connectivity index (χ3n) is 4.33. The summed E-state index contributed by atoms with van der Waals surface area (Å²) in [6, 6.07) is 10.1. The third kappa shape index (κ3) is 3.68. The molecule has 0 saturated heterocycles. The Labute approximate surface area is 166 Å².